The largest absolute Gasteiger partial charge is 0.293 e. The number of rotatable bonds is 3. The smallest absolute Gasteiger partial charge is 0.0386 e. The first kappa shape index (κ1) is 7.99. The summed E-state index contributed by atoms with van der Waals surface area (Å²) in [5, 5.41) is 0. The van der Waals surface area contributed by atoms with E-state index < -0.39 is 0 Å². The molecule has 0 aliphatic rings. The van der Waals surface area contributed by atoms with Crippen LogP contribution in [-0.2, 0) is 0 Å². The lowest BCUT2D eigenvalue weighted by atomic mass is 10.2. The maximum Gasteiger partial charge on any atom is 0.0386 e. The molecule has 0 spiro atoms. The molecule has 1 heteroatoms. The van der Waals surface area contributed by atoms with Gasteiger partial charge in [0, 0.05) is 12.8 Å². The van der Waals surface area contributed by atoms with Crippen molar-refractivity contribution in [3.05, 3.63) is 35.9 Å². The first-order valence-electron chi connectivity index (χ1n) is 3.98. The van der Waals surface area contributed by atoms with Gasteiger partial charge in [-0.3, -0.25) is 4.99 Å². The van der Waals surface area contributed by atoms with Crippen molar-refractivity contribution in [2.75, 3.05) is 6.54 Å². The molecule has 0 saturated heterocycles. The second kappa shape index (κ2) is 4.67. The van der Waals surface area contributed by atoms with Crippen molar-refractivity contribution in [1.82, 2.24) is 0 Å². The lowest BCUT2D eigenvalue weighted by molar-refractivity contribution is 0.937. The summed E-state index contributed by atoms with van der Waals surface area (Å²) in [6, 6.07) is 10.2. The van der Waals surface area contributed by atoms with Crippen molar-refractivity contribution in [3.8, 4) is 0 Å². The van der Waals surface area contributed by atoms with Crippen LogP contribution in [0, 0.1) is 0 Å². The van der Waals surface area contributed by atoms with Crippen LogP contribution in [0.15, 0.2) is 35.3 Å². The highest BCUT2D eigenvalue weighted by Gasteiger charge is 1.81. The van der Waals surface area contributed by atoms with E-state index in [4.69, 9.17) is 0 Å². The van der Waals surface area contributed by atoms with Crippen LogP contribution in [0.2, 0.25) is 0 Å². The summed E-state index contributed by atoms with van der Waals surface area (Å²) in [4.78, 5) is 4.24. The molecule has 0 radical (unpaired) electrons. The van der Waals surface area contributed by atoms with Crippen LogP contribution in [0.4, 0.5) is 0 Å². The molecule has 0 N–H and O–H groups in total. The van der Waals surface area contributed by atoms with Gasteiger partial charge in [-0.25, -0.2) is 0 Å². The molecule has 1 aromatic rings. The van der Waals surface area contributed by atoms with Crippen LogP contribution < -0.4 is 0 Å². The molecule has 0 saturated carbocycles. The quantitative estimate of drug-likeness (QED) is 0.582. The summed E-state index contributed by atoms with van der Waals surface area (Å²) < 4.78 is 0. The molecule has 0 aliphatic carbocycles. The van der Waals surface area contributed by atoms with Gasteiger partial charge >= 0.3 is 0 Å². The van der Waals surface area contributed by atoms with Crippen LogP contribution in [0.5, 0.6) is 0 Å². The molecular weight excluding hydrogens is 134 g/mol. The fraction of sp³-hybridized carbons (Fsp3) is 0.300. The van der Waals surface area contributed by atoms with Crippen molar-refractivity contribution in [3.63, 3.8) is 0 Å². The molecule has 1 nitrogen and oxygen atoms in total. The summed E-state index contributed by atoms with van der Waals surface area (Å²) in [5.74, 6) is 0. The van der Waals surface area contributed by atoms with E-state index in [0.29, 0.717) is 0 Å². The molecule has 0 heterocycles. The highest BCUT2D eigenvalue weighted by Crippen LogP contribution is 1.93. The van der Waals surface area contributed by atoms with Crippen molar-refractivity contribution in [1.29, 1.82) is 0 Å². The summed E-state index contributed by atoms with van der Waals surface area (Å²) in [5.41, 5.74) is 1.18. The van der Waals surface area contributed by atoms with Gasteiger partial charge in [-0.15, -0.1) is 0 Å². The predicted molar refractivity (Wildman–Crippen MR) is 49.2 cm³/mol. The maximum atomic E-state index is 4.24. The second-order valence-corrected chi connectivity index (χ2v) is 2.45. The summed E-state index contributed by atoms with van der Waals surface area (Å²) in [6.45, 7) is 3.05. The molecule has 0 unspecified atom stereocenters. The molecule has 0 fully saturated rings. The summed E-state index contributed by atoms with van der Waals surface area (Å²) in [7, 11) is 0. The molecule has 58 valence electrons. The number of nitrogens with zero attached hydrogens (tertiary/aromatic N) is 1. The Balaban J connectivity index is 2.50. The van der Waals surface area contributed by atoms with Gasteiger partial charge in [0.1, 0.15) is 0 Å². The Labute approximate surface area is 67.8 Å². The molecule has 0 amide bonds. The number of aliphatic imine (C=N–C) groups is 1. The minimum atomic E-state index is 0.925. The van der Waals surface area contributed by atoms with Crippen LogP contribution in [-0.4, -0.2) is 12.8 Å². The van der Waals surface area contributed by atoms with Crippen molar-refractivity contribution < 1.29 is 0 Å². The molecular formula is C10H13N. The standard InChI is InChI=1S/C10H13N/c1-2-8-11-9-10-6-4-3-5-7-10/h3-7,9H,2,8H2,1H3. The minimum Gasteiger partial charge on any atom is -0.293 e. The Morgan fingerprint density at radius 2 is 2.00 bits per heavy atom. The molecule has 11 heavy (non-hydrogen) atoms. The van der Waals surface area contributed by atoms with Crippen molar-refractivity contribution >= 4 is 6.21 Å². The number of benzene rings is 1. The molecule has 0 aromatic heterocycles. The first-order chi connectivity index (χ1) is 5.43. The van der Waals surface area contributed by atoms with Gasteiger partial charge < -0.3 is 0 Å². The topological polar surface area (TPSA) is 12.4 Å². The Hall–Kier alpha value is -1.11. The second-order valence-electron chi connectivity index (χ2n) is 2.45. The van der Waals surface area contributed by atoms with E-state index in [1.165, 1.54) is 5.56 Å². The van der Waals surface area contributed by atoms with Crippen LogP contribution in [0.3, 0.4) is 0 Å². The average molecular weight is 147 g/mol. The molecule has 0 bridgehead atoms. The Kier molecular flexibility index (Phi) is 3.39. The third-order valence-electron chi connectivity index (χ3n) is 1.39. The van der Waals surface area contributed by atoms with Gasteiger partial charge in [0.2, 0.25) is 0 Å². The zero-order valence-electron chi connectivity index (χ0n) is 6.83. The van der Waals surface area contributed by atoms with E-state index in [1.54, 1.807) is 0 Å². The van der Waals surface area contributed by atoms with Crippen LogP contribution >= 0.6 is 0 Å². The fourth-order valence-corrected chi connectivity index (χ4v) is 0.838. The fourth-order valence-electron chi connectivity index (χ4n) is 0.838. The van der Waals surface area contributed by atoms with Gasteiger partial charge in [-0.05, 0) is 12.0 Å². The van der Waals surface area contributed by atoms with Gasteiger partial charge in [0.15, 0.2) is 0 Å². The van der Waals surface area contributed by atoms with Gasteiger partial charge in [0.25, 0.3) is 0 Å². The third kappa shape index (κ3) is 2.99. The third-order valence-corrected chi connectivity index (χ3v) is 1.39. The number of hydrogen-bond donors (Lipinski definition) is 0. The van der Waals surface area contributed by atoms with Crippen molar-refractivity contribution in [2.24, 2.45) is 4.99 Å². The Morgan fingerprint density at radius 1 is 1.27 bits per heavy atom. The molecule has 1 aromatic carbocycles. The summed E-state index contributed by atoms with van der Waals surface area (Å²) in [6.07, 6.45) is 3.03. The van der Waals surface area contributed by atoms with Crippen LogP contribution in [0.25, 0.3) is 0 Å². The van der Waals surface area contributed by atoms with Gasteiger partial charge in [-0.2, -0.15) is 0 Å². The lowest BCUT2D eigenvalue weighted by Gasteiger charge is -1.89. The van der Waals surface area contributed by atoms with E-state index >= 15 is 0 Å². The Morgan fingerprint density at radius 3 is 2.64 bits per heavy atom. The van der Waals surface area contributed by atoms with E-state index in [1.807, 2.05) is 24.4 Å². The Bertz CT molecular complexity index is 214. The van der Waals surface area contributed by atoms with Crippen molar-refractivity contribution in [2.45, 2.75) is 13.3 Å². The summed E-state index contributed by atoms with van der Waals surface area (Å²) >= 11 is 0. The molecule has 0 atom stereocenters. The molecule has 0 aliphatic heterocycles. The highest BCUT2D eigenvalue weighted by atomic mass is 14.7. The van der Waals surface area contributed by atoms with Gasteiger partial charge in [-0.1, -0.05) is 37.3 Å². The zero-order valence-corrected chi connectivity index (χ0v) is 6.83. The maximum absolute atomic E-state index is 4.24. The predicted octanol–water partition coefficient (Wildman–Crippen LogP) is 2.52. The van der Waals surface area contributed by atoms with E-state index in [0.717, 1.165) is 13.0 Å². The minimum absolute atomic E-state index is 0.925. The average Bonchev–Trinajstić information content (AvgIpc) is 2.07. The first-order valence-corrected chi connectivity index (χ1v) is 3.98. The number of hydrogen-bond acceptors (Lipinski definition) is 1. The lowest BCUT2D eigenvalue weighted by Crippen LogP contribution is -1.81. The molecule has 1 rings (SSSR count). The zero-order chi connectivity index (χ0) is 7.94. The van der Waals surface area contributed by atoms with Gasteiger partial charge in [0.05, 0.1) is 0 Å². The monoisotopic (exact) mass is 147 g/mol. The van der Waals surface area contributed by atoms with Crippen LogP contribution in [0.1, 0.15) is 18.9 Å². The normalized spacial score (nSPS) is 10.6. The van der Waals surface area contributed by atoms with E-state index in [9.17, 15) is 0 Å². The van der Waals surface area contributed by atoms with E-state index in [-0.39, 0.29) is 0 Å². The SMILES string of the molecule is CCCN=Cc1ccccc1. The highest BCUT2D eigenvalue weighted by molar-refractivity contribution is 5.79. The van der Waals surface area contributed by atoms with E-state index in [2.05, 4.69) is 24.0 Å².